The molecule has 1 aromatic carbocycles. The average Bonchev–Trinajstić information content (AvgIpc) is 2.50. The second-order valence-electron chi connectivity index (χ2n) is 5.04. The van der Waals surface area contributed by atoms with Crippen molar-refractivity contribution < 1.29 is 14.7 Å². The Labute approximate surface area is 129 Å². The molecule has 1 aromatic rings. The molecule has 1 unspecified atom stereocenters. The number of carbonyl (C=O) groups is 2. The van der Waals surface area contributed by atoms with Crippen molar-refractivity contribution in [3.05, 3.63) is 35.9 Å². The van der Waals surface area contributed by atoms with E-state index in [4.69, 9.17) is 5.41 Å². The van der Waals surface area contributed by atoms with Crippen molar-refractivity contribution in [1.82, 2.24) is 15.5 Å². The van der Waals surface area contributed by atoms with Crippen LogP contribution in [-0.2, 0) is 4.79 Å². The monoisotopic (exact) mass is 306 g/mol. The number of carbonyl (C=O) groups excluding carboxylic acids is 1. The molecule has 0 spiro atoms. The minimum absolute atomic E-state index is 0.264. The first-order chi connectivity index (χ1) is 10.4. The molecule has 0 bridgehead atoms. The van der Waals surface area contributed by atoms with Crippen molar-refractivity contribution in [2.24, 2.45) is 0 Å². The molecule has 0 aromatic heterocycles. The molecule has 120 valence electrons. The van der Waals surface area contributed by atoms with Gasteiger partial charge in [0, 0.05) is 26.2 Å². The lowest BCUT2D eigenvalue weighted by atomic mass is 10.1. The molecule has 0 aliphatic rings. The Hall–Kier alpha value is -2.57. The van der Waals surface area contributed by atoms with E-state index in [0.717, 1.165) is 0 Å². The Bertz CT molecular complexity index is 517. The molecule has 22 heavy (non-hydrogen) atoms. The third-order valence-corrected chi connectivity index (χ3v) is 3.05. The van der Waals surface area contributed by atoms with Crippen LogP contribution in [0.5, 0.6) is 0 Å². The predicted octanol–water partition coefficient (Wildman–Crippen LogP) is 0.736. The molecule has 0 aliphatic heterocycles. The fourth-order valence-corrected chi connectivity index (χ4v) is 1.76. The van der Waals surface area contributed by atoms with Crippen LogP contribution in [0.4, 0.5) is 0 Å². The molecular weight excluding hydrogens is 284 g/mol. The fourth-order valence-electron chi connectivity index (χ4n) is 1.76. The normalized spacial score (nSPS) is 11.4. The minimum Gasteiger partial charge on any atom is -0.480 e. The molecule has 0 fully saturated rings. The Morgan fingerprint density at radius 1 is 1.27 bits per heavy atom. The van der Waals surface area contributed by atoms with Crippen molar-refractivity contribution in [2.45, 2.75) is 18.9 Å². The smallest absolute Gasteiger partial charge is 0.326 e. The lowest BCUT2D eigenvalue weighted by Gasteiger charge is -2.17. The topological polar surface area (TPSA) is 106 Å². The van der Waals surface area contributed by atoms with Crippen LogP contribution in [0.15, 0.2) is 30.3 Å². The first-order valence-corrected chi connectivity index (χ1v) is 7.00. The van der Waals surface area contributed by atoms with Gasteiger partial charge in [-0.2, -0.15) is 0 Å². The van der Waals surface area contributed by atoms with E-state index in [2.05, 4.69) is 10.6 Å². The van der Waals surface area contributed by atoms with Crippen LogP contribution in [0.1, 0.15) is 23.2 Å². The number of rotatable bonds is 7. The largest absolute Gasteiger partial charge is 0.480 e. The van der Waals surface area contributed by atoms with Crippen molar-refractivity contribution in [2.75, 3.05) is 20.6 Å². The van der Waals surface area contributed by atoms with Gasteiger partial charge in [-0.1, -0.05) is 18.2 Å². The van der Waals surface area contributed by atoms with Crippen LogP contribution in [0.25, 0.3) is 0 Å². The zero-order valence-electron chi connectivity index (χ0n) is 12.8. The second kappa shape index (κ2) is 8.66. The second-order valence-corrected chi connectivity index (χ2v) is 5.04. The summed E-state index contributed by atoms with van der Waals surface area (Å²) in [4.78, 5) is 24.8. The summed E-state index contributed by atoms with van der Waals surface area (Å²) in [6.45, 7) is 0.474. The van der Waals surface area contributed by atoms with Crippen LogP contribution in [-0.4, -0.2) is 54.5 Å². The van der Waals surface area contributed by atoms with E-state index in [1.807, 2.05) is 0 Å². The third-order valence-electron chi connectivity index (χ3n) is 3.05. The zero-order valence-corrected chi connectivity index (χ0v) is 12.8. The number of aliphatic carboxylic acids is 1. The van der Waals surface area contributed by atoms with Crippen molar-refractivity contribution in [1.29, 1.82) is 5.41 Å². The summed E-state index contributed by atoms with van der Waals surface area (Å²) in [6.07, 6.45) is 0.823. The van der Waals surface area contributed by atoms with Gasteiger partial charge in [0.05, 0.1) is 0 Å². The molecular formula is C15H22N4O3. The lowest BCUT2D eigenvalue weighted by Crippen LogP contribution is -2.41. The maximum absolute atomic E-state index is 12.0. The van der Waals surface area contributed by atoms with Gasteiger partial charge in [-0.25, -0.2) is 4.79 Å². The minimum atomic E-state index is -1.06. The Morgan fingerprint density at radius 2 is 1.91 bits per heavy atom. The van der Waals surface area contributed by atoms with E-state index in [1.165, 1.54) is 0 Å². The summed E-state index contributed by atoms with van der Waals surface area (Å²) in [5, 5.41) is 22.1. The van der Waals surface area contributed by atoms with Gasteiger partial charge in [0.1, 0.15) is 6.04 Å². The summed E-state index contributed by atoms with van der Waals surface area (Å²) in [5.41, 5.74) is 0.432. The van der Waals surface area contributed by atoms with Crippen molar-refractivity contribution >= 4 is 17.8 Å². The van der Waals surface area contributed by atoms with E-state index < -0.39 is 17.9 Å². The van der Waals surface area contributed by atoms with E-state index in [0.29, 0.717) is 24.9 Å². The van der Waals surface area contributed by atoms with Crippen molar-refractivity contribution in [3.8, 4) is 0 Å². The average molecular weight is 306 g/mol. The van der Waals surface area contributed by atoms with E-state index >= 15 is 0 Å². The van der Waals surface area contributed by atoms with Gasteiger partial charge in [-0.05, 0) is 25.0 Å². The van der Waals surface area contributed by atoms with Crippen LogP contribution in [0, 0.1) is 5.41 Å². The number of carboxylic acids is 1. The van der Waals surface area contributed by atoms with E-state index in [9.17, 15) is 14.7 Å². The standard InChI is InChI=1S/C15H22N4O3/c1-19(2)15(16)17-10-6-9-12(14(21)22)18-13(20)11-7-4-3-5-8-11/h3-5,7-8,12H,6,9-10H2,1-2H3,(H2,16,17)(H,18,20)(H,21,22). The van der Waals surface area contributed by atoms with Gasteiger partial charge in [-0.15, -0.1) is 0 Å². The highest BCUT2D eigenvalue weighted by atomic mass is 16.4. The van der Waals surface area contributed by atoms with Gasteiger partial charge in [0.15, 0.2) is 5.96 Å². The Balaban J connectivity index is 2.44. The van der Waals surface area contributed by atoms with Crippen molar-refractivity contribution in [3.63, 3.8) is 0 Å². The molecule has 0 radical (unpaired) electrons. The van der Waals surface area contributed by atoms with Crippen LogP contribution < -0.4 is 10.6 Å². The zero-order chi connectivity index (χ0) is 16.5. The van der Waals surface area contributed by atoms with Gasteiger partial charge in [-0.3, -0.25) is 10.2 Å². The van der Waals surface area contributed by atoms with E-state index in [-0.39, 0.29) is 5.96 Å². The van der Waals surface area contributed by atoms with Gasteiger partial charge >= 0.3 is 5.97 Å². The summed E-state index contributed by atoms with van der Waals surface area (Å²) < 4.78 is 0. The highest BCUT2D eigenvalue weighted by molar-refractivity contribution is 5.96. The molecule has 0 saturated heterocycles. The number of nitrogens with one attached hydrogen (secondary N) is 3. The summed E-state index contributed by atoms with van der Waals surface area (Å²) in [6, 6.07) is 7.56. The quantitative estimate of drug-likeness (QED) is 0.338. The molecule has 0 heterocycles. The fraction of sp³-hybridized carbons (Fsp3) is 0.400. The first kappa shape index (κ1) is 17.5. The van der Waals surface area contributed by atoms with E-state index in [1.54, 1.807) is 49.3 Å². The van der Waals surface area contributed by atoms with Crippen LogP contribution in [0.3, 0.4) is 0 Å². The molecule has 7 nitrogen and oxygen atoms in total. The number of nitrogens with zero attached hydrogens (tertiary/aromatic N) is 1. The molecule has 1 rings (SSSR count). The summed E-state index contributed by atoms with van der Waals surface area (Å²) in [7, 11) is 3.49. The summed E-state index contributed by atoms with van der Waals surface area (Å²) >= 11 is 0. The predicted molar refractivity (Wildman–Crippen MR) is 84.0 cm³/mol. The summed E-state index contributed by atoms with van der Waals surface area (Å²) in [5.74, 6) is -1.20. The maximum atomic E-state index is 12.0. The number of carboxylic acid groups (broad SMARTS) is 1. The number of hydrogen-bond acceptors (Lipinski definition) is 3. The maximum Gasteiger partial charge on any atom is 0.326 e. The van der Waals surface area contributed by atoms with Crippen LogP contribution in [0.2, 0.25) is 0 Å². The molecule has 7 heteroatoms. The molecule has 1 amide bonds. The number of amides is 1. The Kier molecular flexibility index (Phi) is 6.88. The number of hydrogen-bond donors (Lipinski definition) is 4. The third kappa shape index (κ3) is 5.82. The number of benzene rings is 1. The molecule has 0 aliphatic carbocycles. The van der Waals surface area contributed by atoms with Gasteiger partial charge in [0.25, 0.3) is 5.91 Å². The Morgan fingerprint density at radius 3 is 2.45 bits per heavy atom. The highest BCUT2D eigenvalue weighted by Crippen LogP contribution is 2.02. The molecule has 1 atom stereocenters. The lowest BCUT2D eigenvalue weighted by molar-refractivity contribution is -0.139. The first-order valence-electron chi connectivity index (χ1n) is 7.00. The van der Waals surface area contributed by atoms with Gasteiger partial charge < -0.3 is 20.6 Å². The highest BCUT2D eigenvalue weighted by Gasteiger charge is 2.20. The van der Waals surface area contributed by atoms with Gasteiger partial charge in [0.2, 0.25) is 0 Å². The molecule has 0 saturated carbocycles. The SMILES string of the molecule is CN(C)C(=N)NCCCC(NC(=O)c1ccccc1)C(=O)O. The van der Waals surface area contributed by atoms with Crippen LogP contribution >= 0.6 is 0 Å². The number of guanidine groups is 1. The molecule has 4 N–H and O–H groups in total.